The summed E-state index contributed by atoms with van der Waals surface area (Å²) in [7, 11) is 0. The number of nitrogens with one attached hydrogen (secondary N) is 2. The SMILES string of the molecule is CC(=O)N[C@@H]1[C@@H](O)[C@H](O)[C@@H](CO)OC1(O[C@H]1[C@@H](O)[C@@H](CO)OC[C@@H]1O)C1O[C@H](CO)[C@@H](OC2O[C@H](CO)[C@H](O)[C@H](O)[C@H]2O)[C@H](O)[C@H]1NC(C)=O. The summed E-state index contributed by atoms with van der Waals surface area (Å²) in [6, 6.07) is -3.78. The molecule has 4 rings (SSSR count). The van der Waals surface area contributed by atoms with Crippen LogP contribution in [0.25, 0.3) is 0 Å². The van der Waals surface area contributed by atoms with Gasteiger partial charge in [-0.05, 0) is 0 Å². The lowest BCUT2D eigenvalue weighted by atomic mass is 9.79. The molecule has 4 aliphatic heterocycles. The van der Waals surface area contributed by atoms with E-state index in [2.05, 4.69) is 10.6 Å². The lowest BCUT2D eigenvalue weighted by Gasteiger charge is -2.58. The molecule has 3 unspecified atom stereocenters. The van der Waals surface area contributed by atoms with E-state index in [-0.39, 0.29) is 0 Å². The van der Waals surface area contributed by atoms with Gasteiger partial charge >= 0.3 is 0 Å². The molecule has 0 saturated carbocycles. The van der Waals surface area contributed by atoms with Crippen LogP contribution in [0.5, 0.6) is 0 Å². The third-order valence-electron chi connectivity index (χ3n) is 9.26. The summed E-state index contributed by atoms with van der Waals surface area (Å²) in [5.74, 6) is -4.52. The molecule has 0 aromatic heterocycles. The van der Waals surface area contributed by atoms with E-state index < -0.39 is 161 Å². The van der Waals surface area contributed by atoms with E-state index in [1.54, 1.807) is 0 Å². The van der Waals surface area contributed by atoms with Crippen LogP contribution in [0.1, 0.15) is 13.8 Å². The van der Waals surface area contributed by atoms with E-state index in [0.29, 0.717) is 0 Å². The Morgan fingerprint density at radius 3 is 1.80 bits per heavy atom. The molecule has 4 heterocycles. The third-order valence-corrected chi connectivity index (χ3v) is 9.26. The van der Waals surface area contributed by atoms with Crippen molar-refractivity contribution in [1.82, 2.24) is 10.6 Å². The quantitative estimate of drug-likeness (QED) is 0.0937. The number of hydrogen-bond donors (Lipinski definition) is 14. The predicted octanol–water partition coefficient (Wildman–Crippen LogP) is -9.39. The first-order valence-corrected chi connectivity index (χ1v) is 15.9. The predicted molar refractivity (Wildman–Crippen MR) is 156 cm³/mol. The van der Waals surface area contributed by atoms with Crippen molar-refractivity contribution < 1.29 is 99.3 Å². The largest absolute Gasteiger partial charge is 0.394 e. The van der Waals surface area contributed by atoms with E-state index in [1.807, 2.05) is 0 Å². The first-order chi connectivity index (χ1) is 23.6. The second-order valence-electron chi connectivity index (χ2n) is 12.7. The molecule has 4 aliphatic rings. The highest BCUT2D eigenvalue weighted by atomic mass is 16.8. The molecule has 0 aromatic rings. The van der Waals surface area contributed by atoms with Crippen LogP contribution in [-0.4, -0.2) is 222 Å². The van der Waals surface area contributed by atoms with Crippen molar-refractivity contribution in [3.63, 3.8) is 0 Å². The topological polar surface area (TPSA) is 356 Å². The molecule has 2 amide bonds. The van der Waals surface area contributed by atoms with Crippen LogP contribution in [0.15, 0.2) is 0 Å². The van der Waals surface area contributed by atoms with Crippen LogP contribution >= 0.6 is 0 Å². The lowest BCUT2D eigenvalue weighted by Crippen LogP contribution is -2.81. The highest BCUT2D eigenvalue weighted by molar-refractivity contribution is 5.74. The Kier molecular flexibility index (Phi) is 13.9. The number of ether oxygens (including phenoxy) is 6. The standard InChI is InChI=1S/C28H48N2O20/c1-8(35)29-15-19(41)24(48-27-22(44)20(42)16(38)12(4-32)47-27)14(6-34)46-26(15)28(50-23-10(37)7-45-11(3-31)18(23)40)25(30-9(2)36)21(43)17(39)13(5-33)49-28/h10-27,31-34,37-44H,3-7H2,1-2H3,(H,29,35)(H,30,36)/t10-,11+,12+,13+,14+,15+,16-,17+,18-,19+,20-,21-,22+,23+,24+,25+,26?,27?,28?/m0/s1. The zero-order valence-electron chi connectivity index (χ0n) is 27.1. The first-order valence-electron chi connectivity index (χ1n) is 15.9. The molecule has 50 heavy (non-hydrogen) atoms. The summed E-state index contributed by atoms with van der Waals surface area (Å²) < 4.78 is 34.8. The Morgan fingerprint density at radius 2 is 1.24 bits per heavy atom. The molecule has 0 aliphatic carbocycles. The normalized spacial score (nSPS) is 48.5. The molecular weight excluding hydrogens is 684 g/mol. The minimum absolute atomic E-state index is 0.528. The number of aliphatic hydroxyl groups is 12. The molecule has 0 bridgehead atoms. The van der Waals surface area contributed by atoms with Gasteiger partial charge in [-0.2, -0.15) is 0 Å². The van der Waals surface area contributed by atoms with Gasteiger partial charge in [0.15, 0.2) is 6.29 Å². The first kappa shape index (κ1) is 41.0. The Balaban J connectivity index is 1.85. The molecule has 22 nitrogen and oxygen atoms in total. The number of carbonyl (C=O) groups is 2. The molecule has 4 saturated heterocycles. The van der Waals surface area contributed by atoms with Crippen LogP contribution in [-0.2, 0) is 38.0 Å². The van der Waals surface area contributed by atoms with E-state index in [9.17, 15) is 70.9 Å². The number of hydrogen-bond acceptors (Lipinski definition) is 20. The fraction of sp³-hybridized carbons (Fsp3) is 0.929. The minimum atomic E-state index is -2.81. The highest BCUT2D eigenvalue weighted by Crippen LogP contribution is 2.43. The molecule has 0 radical (unpaired) electrons. The van der Waals surface area contributed by atoms with Gasteiger partial charge in [0.25, 0.3) is 0 Å². The van der Waals surface area contributed by atoms with Gasteiger partial charge in [-0.25, -0.2) is 0 Å². The van der Waals surface area contributed by atoms with Crippen LogP contribution in [0.3, 0.4) is 0 Å². The molecule has 0 aromatic carbocycles. The lowest BCUT2D eigenvalue weighted by molar-refractivity contribution is -0.416. The average Bonchev–Trinajstić information content (AvgIpc) is 3.07. The van der Waals surface area contributed by atoms with Crippen molar-refractivity contribution in [2.75, 3.05) is 33.0 Å². The molecule has 4 fully saturated rings. The highest BCUT2D eigenvalue weighted by Gasteiger charge is 2.67. The van der Waals surface area contributed by atoms with Crippen molar-refractivity contribution in [3.05, 3.63) is 0 Å². The van der Waals surface area contributed by atoms with Gasteiger partial charge in [-0.1, -0.05) is 0 Å². The summed E-state index contributed by atoms with van der Waals surface area (Å²) in [6.07, 6.45) is -29.0. The minimum Gasteiger partial charge on any atom is -0.394 e. The summed E-state index contributed by atoms with van der Waals surface area (Å²) >= 11 is 0. The average molecular weight is 733 g/mol. The van der Waals surface area contributed by atoms with Gasteiger partial charge in [-0.3, -0.25) is 9.59 Å². The fourth-order valence-electron chi connectivity index (χ4n) is 6.72. The zero-order valence-corrected chi connectivity index (χ0v) is 27.1. The van der Waals surface area contributed by atoms with Crippen molar-refractivity contribution in [3.8, 4) is 0 Å². The second-order valence-corrected chi connectivity index (χ2v) is 12.7. The number of rotatable bonds is 11. The van der Waals surface area contributed by atoms with Crippen molar-refractivity contribution in [1.29, 1.82) is 0 Å². The summed E-state index contributed by atoms with van der Waals surface area (Å²) in [6.45, 7) is -2.15. The van der Waals surface area contributed by atoms with Crippen LogP contribution < -0.4 is 10.6 Å². The van der Waals surface area contributed by atoms with Crippen LogP contribution in [0, 0.1) is 0 Å². The molecule has 19 atom stereocenters. The van der Waals surface area contributed by atoms with Crippen LogP contribution in [0.2, 0.25) is 0 Å². The Morgan fingerprint density at radius 1 is 0.660 bits per heavy atom. The Bertz CT molecular complexity index is 1140. The smallest absolute Gasteiger partial charge is 0.221 e. The molecule has 0 spiro atoms. The van der Waals surface area contributed by atoms with Gasteiger partial charge in [0.1, 0.15) is 97.6 Å². The second kappa shape index (κ2) is 16.9. The fourth-order valence-corrected chi connectivity index (χ4v) is 6.72. The van der Waals surface area contributed by atoms with Gasteiger partial charge in [0.2, 0.25) is 17.6 Å². The number of carbonyl (C=O) groups excluding carboxylic acids is 2. The molecule has 22 heteroatoms. The van der Waals surface area contributed by atoms with Gasteiger partial charge in [0.05, 0.1) is 39.1 Å². The van der Waals surface area contributed by atoms with E-state index >= 15 is 0 Å². The molecule has 14 N–H and O–H groups in total. The van der Waals surface area contributed by atoms with Crippen molar-refractivity contribution >= 4 is 11.8 Å². The monoisotopic (exact) mass is 732 g/mol. The number of amides is 2. The summed E-state index contributed by atoms with van der Waals surface area (Å²) in [5.41, 5.74) is 0. The summed E-state index contributed by atoms with van der Waals surface area (Å²) in [5, 5.41) is 132. The maximum atomic E-state index is 12.6. The van der Waals surface area contributed by atoms with Crippen molar-refractivity contribution in [2.24, 2.45) is 0 Å². The van der Waals surface area contributed by atoms with Crippen molar-refractivity contribution in [2.45, 2.75) is 130 Å². The van der Waals surface area contributed by atoms with Crippen LogP contribution in [0.4, 0.5) is 0 Å². The van der Waals surface area contributed by atoms with E-state index in [4.69, 9.17) is 28.4 Å². The third kappa shape index (κ3) is 7.92. The Labute approximate surface area is 284 Å². The Hall–Kier alpha value is -1.78. The molecule has 290 valence electrons. The van der Waals surface area contributed by atoms with Gasteiger partial charge in [-0.15, -0.1) is 0 Å². The molecular formula is C28H48N2O20. The number of aliphatic hydroxyl groups excluding tert-OH is 12. The van der Waals surface area contributed by atoms with Gasteiger partial charge in [0, 0.05) is 13.8 Å². The maximum Gasteiger partial charge on any atom is 0.221 e. The summed E-state index contributed by atoms with van der Waals surface area (Å²) in [4.78, 5) is 25.1. The van der Waals surface area contributed by atoms with E-state index in [1.165, 1.54) is 0 Å². The zero-order chi connectivity index (χ0) is 37.2. The van der Waals surface area contributed by atoms with E-state index in [0.717, 1.165) is 13.8 Å². The maximum absolute atomic E-state index is 12.6. The van der Waals surface area contributed by atoms with Gasteiger partial charge < -0.3 is 100 Å².